The Morgan fingerprint density at radius 2 is 2.09 bits per heavy atom. The minimum atomic E-state index is 0.470. The summed E-state index contributed by atoms with van der Waals surface area (Å²) in [5.74, 6) is 2.78. The lowest BCUT2D eigenvalue weighted by Crippen LogP contribution is -1.98. The van der Waals surface area contributed by atoms with Crippen LogP contribution in [0.25, 0.3) is 0 Å². The van der Waals surface area contributed by atoms with Crippen molar-refractivity contribution in [2.24, 2.45) is 5.41 Å². The van der Waals surface area contributed by atoms with Crippen molar-refractivity contribution >= 4 is 0 Å². The second-order valence-electron chi connectivity index (χ2n) is 3.66. The van der Waals surface area contributed by atoms with Crippen molar-refractivity contribution in [1.29, 1.82) is 0 Å². The van der Waals surface area contributed by atoms with Crippen molar-refractivity contribution in [2.45, 2.75) is 40.0 Å². The third-order valence-corrected chi connectivity index (χ3v) is 2.89. The quantitative estimate of drug-likeness (QED) is 0.528. The van der Waals surface area contributed by atoms with Crippen LogP contribution in [0, 0.1) is 17.8 Å². The summed E-state index contributed by atoms with van der Waals surface area (Å²) in [4.78, 5) is 0. The van der Waals surface area contributed by atoms with Crippen molar-refractivity contribution in [3.8, 4) is 12.3 Å². The second kappa shape index (κ2) is 2.74. The number of hydrogen-bond donors (Lipinski definition) is 0. The smallest absolute Gasteiger partial charge is 0.000957 e. The Hall–Kier alpha value is -0.700. The van der Waals surface area contributed by atoms with Crippen LogP contribution in [-0.4, -0.2) is 0 Å². The molecule has 1 fully saturated rings. The standard InChI is InChI=1S/C11H16/c1-5-10(6-2)9(3)11(4)7-8-11/h1H,6-8H2,2-4H3/b10-9-. The maximum Gasteiger partial charge on any atom is 0.000957 e. The van der Waals surface area contributed by atoms with Gasteiger partial charge in [0, 0.05) is 5.57 Å². The van der Waals surface area contributed by atoms with Crippen molar-refractivity contribution in [3.63, 3.8) is 0 Å². The molecule has 0 unspecified atom stereocenters. The molecule has 0 aromatic heterocycles. The van der Waals surface area contributed by atoms with E-state index in [0.717, 1.165) is 6.42 Å². The molecule has 1 aliphatic rings. The lowest BCUT2D eigenvalue weighted by atomic mass is 9.94. The van der Waals surface area contributed by atoms with Gasteiger partial charge in [-0.15, -0.1) is 6.42 Å². The number of terminal acetylenes is 1. The predicted molar refractivity (Wildman–Crippen MR) is 49.2 cm³/mol. The second-order valence-corrected chi connectivity index (χ2v) is 3.66. The monoisotopic (exact) mass is 148 g/mol. The van der Waals surface area contributed by atoms with E-state index in [1.807, 2.05) is 0 Å². The summed E-state index contributed by atoms with van der Waals surface area (Å²) in [6.45, 7) is 6.62. The Labute approximate surface area is 69.7 Å². The molecular formula is C11H16. The number of allylic oxidation sites excluding steroid dienone is 2. The van der Waals surface area contributed by atoms with E-state index in [1.165, 1.54) is 24.0 Å². The van der Waals surface area contributed by atoms with Crippen LogP contribution in [0.2, 0.25) is 0 Å². The van der Waals surface area contributed by atoms with E-state index >= 15 is 0 Å². The van der Waals surface area contributed by atoms with Gasteiger partial charge in [0.05, 0.1) is 0 Å². The zero-order valence-corrected chi connectivity index (χ0v) is 7.70. The van der Waals surface area contributed by atoms with Crippen LogP contribution in [0.4, 0.5) is 0 Å². The Kier molecular flexibility index (Phi) is 2.09. The van der Waals surface area contributed by atoms with Crippen LogP contribution in [0.3, 0.4) is 0 Å². The van der Waals surface area contributed by atoms with E-state index in [4.69, 9.17) is 6.42 Å². The SMILES string of the molecule is C#C/C(CC)=C(\C)C1(C)CC1. The van der Waals surface area contributed by atoms with Gasteiger partial charge in [0.2, 0.25) is 0 Å². The zero-order valence-electron chi connectivity index (χ0n) is 7.70. The molecule has 0 heteroatoms. The van der Waals surface area contributed by atoms with Gasteiger partial charge in [-0.3, -0.25) is 0 Å². The predicted octanol–water partition coefficient (Wildman–Crippen LogP) is 3.15. The molecule has 1 aliphatic carbocycles. The molecule has 0 nitrogen and oxygen atoms in total. The van der Waals surface area contributed by atoms with Crippen LogP contribution in [0.15, 0.2) is 11.1 Å². The van der Waals surface area contributed by atoms with Gasteiger partial charge in [-0.25, -0.2) is 0 Å². The van der Waals surface area contributed by atoms with E-state index in [-0.39, 0.29) is 0 Å². The molecule has 1 saturated carbocycles. The van der Waals surface area contributed by atoms with Gasteiger partial charge < -0.3 is 0 Å². The Morgan fingerprint density at radius 3 is 2.36 bits per heavy atom. The summed E-state index contributed by atoms with van der Waals surface area (Å²) in [7, 11) is 0. The summed E-state index contributed by atoms with van der Waals surface area (Å²) in [5, 5.41) is 0. The lowest BCUT2D eigenvalue weighted by molar-refractivity contribution is 0.678. The maximum atomic E-state index is 5.40. The summed E-state index contributed by atoms with van der Waals surface area (Å²) in [5.41, 5.74) is 3.13. The first kappa shape index (κ1) is 8.40. The van der Waals surface area contributed by atoms with E-state index < -0.39 is 0 Å². The van der Waals surface area contributed by atoms with Crippen LogP contribution in [0.5, 0.6) is 0 Å². The highest BCUT2D eigenvalue weighted by atomic mass is 14.4. The minimum Gasteiger partial charge on any atom is -0.115 e. The highest BCUT2D eigenvalue weighted by Crippen LogP contribution is 2.52. The summed E-state index contributed by atoms with van der Waals surface area (Å²) in [6.07, 6.45) is 9.06. The first-order valence-electron chi connectivity index (χ1n) is 4.31. The molecule has 0 aromatic carbocycles. The molecular weight excluding hydrogens is 132 g/mol. The molecule has 11 heavy (non-hydrogen) atoms. The van der Waals surface area contributed by atoms with Gasteiger partial charge in [-0.1, -0.05) is 25.3 Å². The normalized spacial score (nSPS) is 22.0. The highest BCUT2D eigenvalue weighted by Gasteiger charge is 2.39. The number of hydrogen-bond acceptors (Lipinski definition) is 0. The summed E-state index contributed by atoms with van der Waals surface area (Å²) in [6, 6.07) is 0. The fourth-order valence-electron chi connectivity index (χ4n) is 1.40. The summed E-state index contributed by atoms with van der Waals surface area (Å²) >= 11 is 0. The molecule has 0 aromatic rings. The Balaban J connectivity index is 2.86. The maximum absolute atomic E-state index is 5.40. The highest BCUT2D eigenvalue weighted by molar-refractivity contribution is 5.35. The fraction of sp³-hybridized carbons (Fsp3) is 0.636. The molecule has 0 aliphatic heterocycles. The van der Waals surface area contributed by atoms with E-state index in [2.05, 4.69) is 26.7 Å². The number of rotatable bonds is 2. The zero-order chi connectivity index (χ0) is 8.48. The fourth-order valence-corrected chi connectivity index (χ4v) is 1.40. The molecule has 60 valence electrons. The van der Waals surface area contributed by atoms with E-state index in [9.17, 15) is 0 Å². The largest absolute Gasteiger partial charge is 0.115 e. The molecule has 0 saturated heterocycles. The molecule has 0 bridgehead atoms. The Morgan fingerprint density at radius 1 is 1.55 bits per heavy atom. The average Bonchev–Trinajstić information content (AvgIpc) is 2.72. The van der Waals surface area contributed by atoms with Crippen molar-refractivity contribution < 1.29 is 0 Å². The van der Waals surface area contributed by atoms with Crippen LogP contribution >= 0.6 is 0 Å². The van der Waals surface area contributed by atoms with Crippen molar-refractivity contribution in [1.82, 2.24) is 0 Å². The van der Waals surface area contributed by atoms with Crippen LogP contribution in [-0.2, 0) is 0 Å². The van der Waals surface area contributed by atoms with E-state index in [0.29, 0.717) is 5.41 Å². The van der Waals surface area contributed by atoms with Crippen LogP contribution < -0.4 is 0 Å². The first-order valence-corrected chi connectivity index (χ1v) is 4.31. The Bertz CT molecular complexity index is 221. The molecule has 0 heterocycles. The third kappa shape index (κ3) is 1.48. The van der Waals surface area contributed by atoms with Crippen molar-refractivity contribution in [3.05, 3.63) is 11.1 Å². The molecule has 0 amide bonds. The molecule has 1 rings (SSSR count). The first-order chi connectivity index (χ1) is 5.14. The lowest BCUT2D eigenvalue weighted by Gasteiger charge is -2.11. The molecule has 0 N–H and O–H groups in total. The molecule has 0 atom stereocenters. The van der Waals surface area contributed by atoms with Gasteiger partial charge >= 0.3 is 0 Å². The van der Waals surface area contributed by atoms with Crippen LogP contribution in [0.1, 0.15) is 40.0 Å². The average molecular weight is 148 g/mol. The van der Waals surface area contributed by atoms with Gasteiger partial charge in [0.1, 0.15) is 0 Å². The molecule has 0 spiro atoms. The van der Waals surface area contributed by atoms with Crippen molar-refractivity contribution in [2.75, 3.05) is 0 Å². The van der Waals surface area contributed by atoms with Gasteiger partial charge in [0.15, 0.2) is 0 Å². The molecule has 0 radical (unpaired) electrons. The van der Waals surface area contributed by atoms with Gasteiger partial charge in [-0.05, 0) is 31.6 Å². The van der Waals surface area contributed by atoms with E-state index in [1.54, 1.807) is 0 Å². The van der Waals surface area contributed by atoms with Gasteiger partial charge in [-0.2, -0.15) is 0 Å². The minimum absolute atomic E-state index is 0.470. The summed E-state index contributed by atoms with van der Waals surface area (Å²) < 4.78 is 0. The third-order valence-electron chi connectivity index (χ3n) is 2.89. The topological polar surface area (TPSA) is 0 Å². The van der Waals surface area contributed by atoms with Gasteiger partial charge in [0.25, 0.3) is 0 Å².